The van der Waals surface area contributed by atoms with Crippen molar-refractivity contribution in [2.24, 2.45) is 0 Å². The summed E-state index contributed by atoms with van der Waals surface area (Å²) in [6.45, 7) is 10.8. The predicted octanol–water partition coefficient (Wildman–Crippen LogP) is 16.9. The highest BCUT2D eigenvalue weighted by Gasteiger charge is 2.40. The third-order valence-corrected chi connectivity index (χ3v) is 12.9. The van der Waals surface area contributed by atoms with Crippen molar-refractivity contribution in [3.05, 3.63) is 145 Å². The molecule has 59 heavy (non-hydrogen) atoms. The van der Waals surface area contributed by atoms with Gasteiger partial charge in [-0.1, -0.05) is 189 Å². The SMILES string of the molecule is CCCCCCCCOc1ccc(-c2ccc(-c3ccc4c(c3)C(CC)(CC)c3cc(-c5ccc(-c6ccc(OCCCCCCCC)cc6)cc5)ccc3-4)cc2)cc1. The van der Waals surface area contributed by atoms with E-state index in [0.29, 0.717) is 0 Å². The van der Waals surface area contributed by atoms with Crippen molar-refractivity contribution in [2.45, 2.75) is 123 Å². The Morgan fingerprint density at radius 3 is 0.949 bits per heavy atom. The van der Waals surface area contributed by atoms with Gasteiger partial charge in [0.2, 0.25) is 0 Å². The Bertz CT molecular complexity index is 2030. The molecule has 6 aromatic carbocycles. The Morgan fingerprint density at radius 1 is 0.322 bits per heavy atom. The molecular formula is C57H66O2. The molecule has 0 aliphatic heterocycles. The molecule has 6 aromatic rings. The Kier molecular flexibility index (Phi) is 14.8. The van der Waals surface area contributed by atoms with Crippen LogP contribution in [-0.2, 0) is 5.41 Å². The first-order valence-electron chi connectivity index (χ1n) is 23.0. The van der Waals surface area contributed by atoms with Crippen LogP contribution in [0.5, 0.6) is 11.5 Å². The third kappa shape index (κ3) is 10.0. The van der Waals surface area contributed by atoms with Crippen molar-refractivity contribution >= 4 is 0 Å². The lowest BCUT2D eigenvalue weighted by Gasteiger charge is -2.30. The van der Waals surface area contributed by atoms with Gasteiger partial charge in [0.1, 0.15) is 11.5 Å². The van der Waals surface area contributed by atoms with Crippen LogP contribution in [0, 0.1) is 0 Å². The molecule has 1 aliphatic rings. The minimum atomic E-state index is -0.0195. The molecule has 2 heteroatoms. The lowest BCUT2D eigenvalue weighted by atomic mass is 9.73. The molecule has 2 nitrogen and oxygen atoms in total. The fraction of sp³-hybridized carbons (Fsp3) is 0.368. The predicted molar refractivity (Wildman–Crippen MR) is 253 cm³/mol. The van der Waals surface area contributed by atoms with Crippen LogP contribution >= 0.6 is 0 Å². The maximum absolute atomic E-state index is 6.04. The molecule has 0 bridgehead atoms. The summed E-state index contributed by atoms with van der Waals surface area (Å²) in [5.74, 6) is 1.92. The number of benzene rings is 6. The van der Waals surface area contributed by atoms with Crippen LogP contribution in [-0.4, -0.2) is 13.2 Å². The van der Waals surface area contributed by atoms with E-state index in [1.54, 1.807) is 0 Å². The zero-order valence-corrected chi connectivity index (χ0v) is 36.3. The summed E-state index contributed by atoms with van der Waals surface area (Å²) >= 11 is 0. The molecule has 7 rings (SSSR count). The minimum Gasteiger partial charge on any atom is -0.494 e. The minimum absolute atomic E-state index is 0.0195. The van der Waals surface area contributed by atoms with Gasteiger partial charge in [-0.15, -0.1) is 0 Å². The highest BCUT2D eigenvalue weighted by atomic mass is 16.5. The summed E-state index contributed by atoms with van der Waals surface area (Å²) in [6, 6.07) is 49.7. The van der Waals surface area contributed by atoms with E-state index in [0.717, 1.165) is 50.4 Å². The molecule has 1 aliphatic carbocycles. The number of fused-ring (bicyclic) bond motifs is 3. The summed E-state index contributed by atoms with van der Waals surface area (Å²) < 4.78 is 12.1. The van der Waals surface area contributed by atoms with E-state index in [2.05, 4.69) is 161 Å². The third-order valence-electron chi connectivity index (χ3n) is 12.9. The molecule has 0 saturated heterocycles. The van der Waals surface area contributed by atoms with E-state index in [-0.39, 0.29) is 5.41 Å². The van der Waals surface area contributed by atoms with Gasteiger partial charge < -0.3 is 9.47 Å². The molecule has 0 saturated carbocycles. The highest BCUT2D eigenvalue weighted by Crippen LogP contribution is 2.54. The molecular weight excluding hydrogens is 717 g/mol. The number of unbranched alkanes of at least 4 members (excludes halogenated alkanes) is 10. The zero-order chi connectivity index (χ0) is 40.9. The normalized spacial score (nSPS) is 12.6. The Labute approximate surface area is 356 Å². The Hall–Kier alpha value is -5.08. The molecule has 0 spiro atoms. The molecule has 0 aromatic heterocycles. The fourth-order valence-electron chi connectivity index (χ4n) is 9.21. The fourth-order valence-corrected chi connectivity index (χ4v) is 9.21. The molecule has 0 amide bonds. The van der Waals surface area contributed by atoms with Gasteiger partial charge in [0.15, 0.2) is 0 Å². The van der Waals surface area contributed by atoms with Crippen molar-refractivity contribution in [1.82, 2.24) is 0 Å². The van der Waals surface area contributed by atoms with E-state index in [4.69, 9.17) is 9.47 Å². The topological polar surface area (TPSA) is 18.5 Å². The Balaban J connectivity index is 1.00. The summed E-state index contributed by atoms with van der Waals surface area (Å²) in [5, 5.41) is 0. The van der Waals surface area contributed by atoms with Crippen LogP contribution in [0.15, 0.2) is 133 Å². The van der Waals surface area contributed by atoms with E-state index in [1.807, 2.05) is 0 Å². The lowest BCUT2D eigenvalue weighted by molar-refractivity contribution is 0.304. The smallest absolute Gasteiger partial charge is 0.119 e. The summed E-state index contributed by atoms with van der Waals surface area (Å²) in [7, 11) is 0. The van der Waals surface area contributed by atoms with Crippen molar-refractivity contribution in [3.63, 3.8) is 0 Å². The first-order valence-corrected chi connectivity index (χ1v) is 23.0. The van der Waals surface area contributed by atoms with Crippen molar-refractivity contribution in [1.29, 1.82) is 0 Å². The second-order valence-electron chi connectivity index (χ2n) is 16.7. The highest BCUT2D eigenvalue weighted by molar-refractivity contribution is 5.86. The molecule has 0 atom stereocenters. The lowest BCUT2D eigenvalue weighted by Crippen LogP contribution is -2.23. The molecule has 0 N–H and O–H groups in total. The maximum atomic E-state index is 6.04. The van der Waals surface area contributed by atoms with Gasteiger partial charge in [-0.25, -0.2) is 0 Å². The first-order chi connectivity index (χ1) is 29.1. The van der Waals surface area contributed by atoms with E-state index >= 15 is 0 Å². The molecule has 0 heterocycles. The van der Waals surface area contributed by atoms with Gasteiger partial charge in [-0.05, 0) is 129 Å². The van der Waals surface area contributed by atoms with Crippen LogP contribution < -0.4 is 9.47 Å². The Morgan fingerprint density at radius 2 is 0.610 bits per heavy atom. The van der Waals surface area contributed by atoms with Crippen molar-refractivity contribution < 1.29 is 9.47 Å². The largest absolute Gasteiger partial charge is 0.494 e. The van der Waals surface area contributed by atoms with Crippen LogP contribution in [0.1, 0.15) is 129 Å². The van der Waals surface area contributed by atoms with Crippen molar-refractivity contribution in [3.8, 4) is 67.1 Å². The standard InChI is InChI=1S/C57H66O2/c1-5-9-11-13-15-17-39-58-51-33-27-45(28-34-51)43-19-23-47(24-20-43)49-31-37-53-54-38-32-50(42-56(54)57(7-3,8-4)55(53)41-49)48-25-21-44(22-26-48)46-29-35-52(36-30-46)59-40-18-16-14-12-10-6-2/h19-38,41-42H,5-18,39-40H2,1-4H3. The van der Waals surface area contributed by atoms with Gasteiger partial charge in [0.25, 0.3) is 0 Å². The number of rotatable bonds is 22. The van der Waals surface area contributed by atoms with Gasteiger partial charge in [0, 0.05) is 5.41 Å². The quantitative estimate of drug-likeness (QED) is 0.0639. The second-order valence-corrected chi connectivity index (χ2v) is 16.7. The number of hydrogen-bond acceptors (Lipinski definition) is 2. The molecule has 0 fully saturated rings. The van der Waals surface area contributed by atoms with Crippen molar-refractivity contribution in [2.75, 3.05) is 13.2 Å². The summed E-state index contributed by atoms with van der Waals surface area (Å²) in [4.78, 5) is 0. The average Bonchev–Trinajstić information content (AvgIpc) is 3.57. The van der Waals surface area contributed by atoms with Gasteiger partial charge >= 0.3 is 0 Å². The molecule has 0 radical (unpaired) electrons. The molecule has 306 valence electrons. The average molecular weight is 783 g/mol. The second kappa shape index (κ2) is 20.7. The maximum Gasteiger partial charge on any atom is 0.119 e. The number of ether oxygens (including phenoxy) is 2. The van der Waals surface area contributed by atoms with E-state index in [1.165, 1.54) is 131 Å². The summed E-state index contributed by atoms with van der Waals surface area (Å²) in [5.41, 5.74) is 15.6. The van der Waals surface area contributed by atoms with Crippen LogP contribution in [0.2, 0.25) is 0 Å². The van der Waals surface area contributed by atoms with E-state index < -0.39 is 0 Å². The van der Waals surface area contributed by atoms with Crippen LogP contribution in [0.4, 0.5) is 0 Å². The van der Waals surface area contributed by atoms with Gasteiger partial charge in [0.05, 0.1) is 13.2 Å². The monoisotopic (exact) mass is 783 g/mol. The number of hydrogen-bond donors (Lipinski definition) is 0. The van der Waals surface area contributed by atoms with Gasteiger partial charge in [-0.3, -0.25) is 0 Å². The van der Waals surface area contributed by atoms with Gasteiger partial charge in [-0.2, -0.15) is 0 Å². The zero-order valence-electron chi connectivity index (χ0n) is 36.3. The summed E-state index contributed by atoms with van der Waals surface area (Å²) in [6.07, 6.45) is 17.5. The van der Waals surface area contributed by atoms with Crippen LogP contribution in [0.3, 0.4) is 0 Å². The van der Waals surface area contributed by atoms with E-state index in [9.17, 15) is 0 Å². The first kappa shape index (κ1) is 42.1. The van der Waals surface area contributed by atoms with Crippen LogP contribution in [0.25, 0.3) is 55.6 Å². The molecule has 0 unspecified atom stereocenters.